The highest BCUT2D eigenvalue weighted by atomic mass is 32.1. The van der Waals surface area contributed by atoms with E-state index >= 15 is 0 Å². The van der Waals surface area contributed by atoms with Crippen LogP contribution in [0.4, 0.5) is 16.5 Å². The molecule has 0 aliphatic carbocycles. The number of aromatic nitrogens is 1. The van der Waals surface area contributed by atoms with E-state index in [1.165, 1.54) is 4.88 Å². The summed E-state index contributed by atoms with van der Waals surface area (Å²) in [4.78, 5) is 7.56. The summed E-state index contributed by atoms with van der Waals surface area (Å²) in [5, 5.41) is 9.05. The molecule has 0 N–H and O–H groups in total. The summed E-state index contributed by atoms with van der Waals surface area (Å²) in [5.41, 5.74) is 3.01. The number of rotatable bonds is 3. The molecule has 0 atom stereocenters. The first-order valence-electron chi connectivity index (χ1n) is 5.69. The predicted octanol–water partition coefficient (Wildman–Crippen LogP) is 4.24. The Kier molecular flexibility index (Phi) is 3.72. The van der Waals surface area contributed by atoms with Gasteiger partial charge in [0, 0.05) is 24.7 Å². The van der Waals surface area contributed by atoms with Gasteiger partial charge < -0.3 is 4.90 Å². The van der Waals surface area contributed by atoms with Crippen LogP contribution < -0.4 is 4.90 Å². The Bertz CT molecular complexity index is 535. The van der Waals surface area contributed by atoms with Crippen LogP contribution in [0.1, 0.15) is 10.6 Å². The topological polar surface area (TPSA) is 40.9 Å². The van der Waals surface area contributed by atoms with Crippen LogP contribution in [0.3, 0.4) is 0 Å². The summed E-state index contributed by atoms with van der Waals surface area (Å²) >= 11 is 1.56. The molecule has 0 fully saturated rings. The van der Waals surface area contributed by atoms with Gasteiger partial charge >= 0.3 is 0 Å². The second-order valence-electron chi connectivity index (χ2n) is 4.25. The smallest absolute Gasteiger partial charge is 0.230 e. The molecule has 94 valence electrons. The first-order valence-corrected chi connectivity index (χ1v) is 6.51. The third-order valence-corrected chi connectivity index (χ3v) is 3.59. The Morgan fingerprint density at radius 3 is 2.22 bits per heavy atom. The second kappa shape index (κ2) is 5.27. The fourth-order valence-corrected chi connectivity index (χ4v) is 2.15. The van der Waals surface area contributed by atoms with Crippen molar-refractivity contribution in [3.05, 3.63) is 34.8 Å². The first-order chi connectivity index (χ1) is 8.56. The van der Waals surface area contributed by atoms with E-state index in [1.807, 2.05) is 52.2 Å². The molecule has 2 aromatic rings. The Balaban J connectivity index is 2.13. The van der Waals surface area contributed by atoms with E-state index in [1.54, 1.807) is 11.3 Å². The Morgan fingerprint density at radius 1 is 1.06 bits per heavy atom. The van der Waals surface area contributed by atoms with Crippen molar-refractivity contribution in [2.45, 2.75) is 13.8 Å². The molecular formula is C13H16N4S. The maximum atomic E-state index is 4.32. The first kappa shape index (κ1) is 12.7. The Hall–Kier alpha value is -1.75. The number of hydrogen-bond acceptors (Lipinski definition) is 5. The number of azo groups is 1. The van der Waals surface area contributed by atoms with Crippen molar-refractivity contribution in [1.29, 1.82) is 0 Å². The lowest BCUT2D eigenvalue weighted by molar-refractivity contribution is 1.12. The number of hydrogen-bond donors (Lipinski definition) is 0. The lowest BCUT2D eigenvalue weighted by Crippen LogP contribution is -2.07. The van der Waals surface area contributed by atoms with Crippen LogP contribution in [0.15, 0.2) is 34.5 Å². The average Bonchev–Trinajstić information content (AvgIpc) is 2.67. The molecule has 18 heavy (non-hydrogen) atoms. The number of aryl methyl sites for hydroxylation is 2. The number of benzene rings is 1. The molecule has 0 spiro atoms. The molecule has 0 aliphatic rings. The van der Waals surface area contributed by atoms with E-state index < -0.39 is 0 Å². The highest BCUT2D eigenvalue weighted by Crippen LogP contribution is 2.26. The van der Waals surface area contributed by atoms with E-state index in [0.717, 1.165) is 17.1 Å². The lowest BCUT2D eigenvalue weighted by Gasteiger charge is -2.11. The summed E-state index contributed by atoms with van der Waals surface area (Å²) < 4.78 is 0. The van der Waals surface area contributed by atoms with E-state index in [-0.39, 0.29) is 0 Å². The summed E-state index contributed by atoms with van der Waals surface area (Å²) in [7, 11) is 4.02. The van der Waals surface area contributed by atoms with Gasteiger partial charge in [-0.1, -0.05) is 11.3 Å². The Labute approximate surface area is 111 Å². The van der Waals surface area contributed by atoms with E-state index in [2.05, 4.69) is 20.1 Å². The van der Waals surface area contributed by atoms with Gasteiger partial charge in [0.2, 0.25) is 5.13 Å². The van der Waals surface area contributed by atoms with Crippen molar-refractivity contribution in [3.8, 4) is 0 Å². The normalized spacial score (nSPS) is 11.1. The predicted molar refractivity (Wildman–Crippen MR) is 76.5 cm³/mol. The average molecular weight is 260 g/mol. The van der Waals surface area contributed by atoms with Crippen LogP contribution in [-0.2, 0) is 0 Å². The van der Waals surface area contributed by atoms with E-state index in [4.69, 9.17) is 0 Å². The maximum absolute atomic E-state index is 4.32. The Morgan fingerprint density at radius 2 is 1.72 bits per heavy atom. The molecule has 0 unspecified atom stereocenters. The summed E-state index contributed by atoms with van der Waals surface area (Å²) in [6.45, 7) is 4.02. The number of thiazole rings is 1. The monoisotopic (exact) mass is 260 g/mol. The van der Waals surface area contributed by atoms with Gasteiger partial charge in [0.05, 0.1) is 11.4 Å². The van der Waals surface area contributed by atoms with Crippen molar-refractivity contribution in [1.82, 2.24) is 4.98 Å². The molecule has 4 nitrogen and oxygen atoms in total. The standard InChI is InChI=1S/C13H16N4S/c1-9-10(2)18-13(14-9)16-15-11-5-7-12(8-6-11)17(3)4/h5-8H,1-4H3. The third kappa shape index (κ3) is 2.92. The van der Waals surface area contributed by atoms with Crippen molar-refractivity contribution in [2.24, 2.45) is 10.2 Å². The SMILES string of the molecule is Cc1nc(N=Nc2ccc(N(C)C)cc2)sc1C. The van der Waals surface area contributed by atoms with Gasteiger partial charge in [-0.2, -0.15) is 0 Å². The summed E-state index contributed by atoms with van der Waals surface area (Å²) in [6.07, 6.45) is 0. The fourth-order valence-electron chi connectivity index (χ4n) is 1.42. The molecule has 0 saturated carbocycles. The quantitative estimate of drug-likeness (QED) is 0.774. The van der Waals surface area contributed by atoms with Crippen LogP contribution in [-0.4, -0.2) is 19.1 Å². The van der Waals surface area contributed by atoms with Gasteiger partial charge in [0.1, 0.15) is 0 Å². The number of nitrogens with zero attached hydrogens (tertiary/aromatic N) is 4. The van der Waals surface area contributed by atoms with Crippen LogP contribution in [0.2, 0.25) is 0 Å². The molecule has 0 aliphatic heterocycles. The molecular weight excluding hydrogens is 244 g/mol. The molecule has 1 heterocycles. The van der Waals surface area contributed by atoms with Crippen LogP contribution in [0.25, 0.3) is 0 Å². The van der Waals surface area contributed by atoms with Gasteiger partial charge in [-0.3, -0.25) is 0 Å². The minimum Gasteiger partial charge on any atom is -0.378 e. The molecule has 1 aromatic heterocycles. The van der Waals surface area contributed by atoms with Crippen molar-refractivity contribution >= 4 is 27.8 Å². The highest BCUT2D eigenvalue weighted by molar-refractivity contribution is 7.15. The second-order valence-corrected chi connectivity index (χ2v) is 5.43. The zero-order valence-electron chi connectivity index (χ0n) is 11.0. The minimum absolute atomic E-state index is 0.710. The third-order valence-electron chi connectivity index (χ3n) is 2.63. The van der Waals surface area contributed by atoms with Crippen molar-refractivity contribution < 1.29 is 0 Å². The van der Waals surface area contributed by atoms with Crippen LogP contribution >= 0.6 is 11.3 Å². The molecule has 1 aromatic carbocycles. The van der Waals surface area contributed by atoms with E-state index in [0.29, 0.717) is 5.13 Å². The number of anilines is 1. The van der Waals surface area contributed by atoms with Gasteiger partial charge in [0.15, 0.2) is 0 Å². The molecule has 0 amide bonds. The van der Waals surface area contributed by atoms with E-state index in [9.17, 15) is 0 Å². The zero-order valence-corrected chi connectivity index (χ0v) is 11.8. The van der Waals surface area contributed by atoms with Crippen molar-refractivity contribution in [3.63, 3.8) is 0 Å². The van der Waals surface area contributed by atoms with Gasteiger partial charge in [-0.15, -0.1) is 10.2 Å². The van der Waals surface area contributed by atoms with Gasteiger partial charge in [-0.25, -0.2) is 4.98 Å². The van der Waals surface area contributed by atoms with Crippen molar-refractivity contribution in [2.75, 3.05) is 19.0 Å². The van der Waals surface area contributed by atoms with Gasteiger partial charge in [-0.05, 0) is 38.1 Å². The molecule has 0 saturated heterocycles. The molecule has 5 heteroatoms. The van der Waals surface area contributed by atoms with Crippen LogP contribution in [0, 0.1) is 13.8 Å². The highest BCUT2D eigenvalue weighted by Gasteiger charge is 2.01. The molecule has 0 bridgehead atoms. The molecule has 0 radical (unpaired) electrons. The maximum Gasteiger partial charge on any atom is 0.230 e. The lowest BCUT2D eigenvalue weighted by atomic mass is 10.3. The zero-order chi connectivity index (χ0) is 13.1. The molecule has 2 rings (SSSR count). The largest absolute Gasteiger partial charge is 0.378 e. The summed E-state index contributed by atoms with van der Waals surface area (Å²) in [5.74, 6) is 0. The van der Waals surface area contributed by atoms with Crippen LogP contribution in [0.5, 0.6) is 0 Å². The fraction of sp³-hybridized carbons (Fsp3) is 0.308. The minimum atomic E-state index is 0.710. The van der Waals surface area contributed by atoms with Gasteiger partial charge in [0.25, 0.3) is 0 Å². The summed E-state index contributed by atoms with van der Waals surface area (Å²) in [6, 6.07) is 7.94.